The van der Waals surface area contributed by atoms with Crippen molar-refractivity contribution in [2.75, 3.05) is 6.54 Å². The van der Waals surface area contributed by atoms with E-state index < -0.39 is 0 Å². The average Bonchev–Trinajstić information content (AvgIpc) is 2.97. The number of aliphatic hydroxyl groups excluding tert-OH is 1. The van der Waals surface area contributed by atoms with Gasteiger partial charge in [-0.2, -0.15) is 0 Å². The molecule has 2 aromatic heterocycles. The van der Waals surface area contributed by atoms with Crippen LogP contribution in [0.4, 0.5) is 0 Å². The van der Waals surface area contributed by atoms with E-state index in [1.54, 1.807) is 11.3 Å². The molecule has 1 atom stereocenters. The maximum absolute atomic E-state index is 9.79. The summed E-state index contributed by atoms with van der Waals surface area (Å²) in [6.07, 6.45) is 2.40. The zero-order valence-corrected chi connectivity index (χ0v) is 13.0. The van der Waals surface area contributed by atoms with E-state index in [1.165, 1.54) is 0 Å². The summed E-state index contributed by atoms with van der Waals surface area (Å²) in [5, 5.41) is 14.0. The number of nitrogens with zero attached hydrogens (tertiary/aromatic N) is 1. The Labute approximate surface area is 123 Å². The van der Waals surface area contributed by atoms with Gasteiger partial charge in [-0.25, -0.2) is 4.98 Å². The van der Waals surface area contributed by atoms with Crippen molar-refractivity contribution in [3.63, 3.8) is 0 Å². The summed E-state index contributed by atoms with van der Waals surface area (Å²) in [6.45, 7) is 7.50. The van der Waals surface area contributed by atoms with Crippen LogP contribution in [0.3, 0.4) is 0 Å². The number of hydrogen-bond acceptors (Lipinski definition) is 5. The van der Waals surface area contributed by atoms with Gasteiger partial charge in [0.25, 0.3) is 0 Å². The number of aryl methyl sites for hydroxylation is 1. The lowest BCUT2D eigenvalue weighted by Crippen LogP contribution is -2.27. The fourth-order valence-corrected chi connectivity index (χ4v) is 2.89. The van der Waals surface area contributed by atoms with E-state index in [0.717, 1.165) is 34.4 Å². The summed E-state index contributed by atoms with van der Waals surface area (Å²) in [7, 11) is 0. The number of aromatic nitrogens is 1. The van der Waals surface area contributed by atoms with E-state index in [-0.39, 0.29) is 6.10 Å². The molecule has 1 unspecified atom stereocenters. The van der Waals surface area contributed by atoms with Gasteiger partial charge in [0.15, 0.2) is 10.8 Å². The van der Waals surface area contributed by atoms with Crippen LogP contribution < -0.4 is 5.32 Å². The monoisotopic (exact) mass is 294 g/mol. The molecule has 0 saturated carbocycles. The summed E-state index contributed by atoms with van der Waals surface area (Å²) >= 11 is 1.62. The number of rotatable bonds is 7. The summed E-state index contributed by atoms with van der Waals surface area (Å²) in [6, 6.07) is 3.88. The SMILES string of the molecule is Cc1ccc(-c2ncc(CNCC(O)CC(C)C)s2)o1. The van der Waals surface area contributed by atoms with Crippen LogP contribution in [-0.2, 0) is 6.54 Å². The second kappa shape index (κ2) is 7.02. The normalized spacial score (nSPS) is 13.1. The van der Waals surface area contributed by atoms with Crippen LogP contribution in [0, 0.1) is 12.8 Å². The van der Waals surface area contributed by atoms with E-state index in [2.05, 4.69) is 24.1 Å². The fraction of sp³-hybridized carbons (Fsp3) is 0.533. The first-order valence-corrected chi connectivity index (χ1v) is 7.76. The lowest BCUT2D eigenvalue weighted by Gasteiger charge is -2.13. The van der Waals surface area contributed by atoms with Gasteiger partial charge in [0.05, 0.1) is 6.10 Å². The average molecular weight is 294 g/mol. The summed E-state index contributed by atoms with van der Waals surface area (Å²) in [5.74, 6) is 2.23. The molecule has 0 radical (unpaired) electrons. The minimum atomic E-state index is -0.282. The van der Waals surface area contributed by atoms with Gasteiger partial charge < -0.3 is 14.8 Å². The molecule has 0 saturated heterocycles. The highest BCUT2D eigenvalue weighted by Crippen LogP contribution is 2.26. The van der Waals surface area contributed by atoms with Gasteiger partial charge >= 0.3 is 0 Å². The maximum Gasteiger partial charge on any atom is 0.162 e. The molecule has 0 aromatic carbocycles. The Hall–Kier alpha value is -1.17. The number of furan rings is 1. The third kappa shape index (κ3) is 4.44. The first-order chi connectivity index (χ1) is 9.54. The second-order valence-corrected chi connectivity index (χ2v) is 6.57. The maximum atomic E-state index is 9.79. The van der Waals surface area contributed by atoms with Gasteiger partial charge in [-0.05, 0) is 31.4 Å². The van der Waals surface area contributed by atoms with Crippen molar-refractivity contribution in [1.82, 2.24) is 10.3 Å². The molecule has 0 spiro atoms. The lowest BCUT2D eigenvalue weighted by molar-refractivity contribution is 0.146. The van der Waals surface area contributed by atoms with Crippen LogP contribution in [0.5, 0.6) is 0 Å². The summed E-state index contributed by atoms with van der Waals surface area (Å²) in [5.41, 5.74) is 0. The van der Waals surface area contributed by atoms with Crippen LogP contribution in [0.25, 0.3) is 10.8 Å². The van der Waals surface area contributed by atoms with Crippen molar-refractivity contribution in [3.8, 4) is 10.8 Å². The van der Waals surface area contributed by atoms with Crippen molar-refractivity contribution >= 4 is 11.3 Å². The predicted molar refractivity (Wildman–Crippen MR) is 81.7 cm³/mol. The largest absolute Gasteiger partial charge is 0.459 e. The van der Waals surface area contributed by atoms with Crippen molar-refractivity contribution < 1.29 is 9.52 Å². The molecule has 2 heterocycles. The number of thiazole rings is 1. The van der Waals surface area contributed by atoms with Gasteiger partial charge in [-0.3, -0.25) is 0 Å². The minimum absolute atomic E-state index is 0.282. The highest BCUT2D eigenvalue weighted by atomic mass is 32.1. The molecule has 0 aliphatic carbocycles. The standard InChI is InChI=1S/C15H22N2O2S/c1-10(2)6-12(18)7-16-8-13-9-17-15(20-13)14-5-4-11(3)19-14/h4-5,9-10,12,16,18H,6-8H2,1-3H3. The Morgan fingerprint density at radius 2 is 2.20 bits per heavy atom. The first kappa shape index (κ1) is 15.2. The highest BCUT2D eigenvalue weighted by Gasteiger charge is 2.09. The summed E-state index contributed by atoms with van der Waals surface area (Å²) < 4.78 is 5.56. The van der Waals surface area contributed by atoms with Gasteiger partial charge in [0, 0.05) is 24.2 Å². The van der Waals surface area contributed by atoms with Gasteiger partial charge in [-0.1, -0.05) is 13.8 Å². The van der Waals surface area contributed by atoms with Crippen molar-refractivity contribution in [1.29, 1.82) is 0 Å². The smallest absolute Gasteiger partial charge is 0.162 e. The Morgan fingerprint density at radius 1 is 1.40 bits per heavy atom. The molecule has 2 rings (SSSR count). The molecule has 5 heteroatoms. The quantitative estimate of drug-likeness (QED) is 0.823. The summed E-state index contributed by atoms with van der Waals surface area (Å²) in [4.78, 5) is 5.51. The van der Waals surface area contributed by atoms with Gasteiger partial charge in [0.2, 0.25) is 0 Å². The molecule has 0 fully saturated rings. The van der Waals surface area contributed by atoms with E-state index in [4.69, 9.17) is 4.42 Å². The van der Waals surface area contributed by atoms with Crippen LogP contribution in [0.1, 0.15) is 30.9 Å². The first-order valence-electron chi connectivity index (χ1n) is 6.95. The van der Waals surface area contributed by atoms with E-state index in [0.29, 0.717) is 12.5 Å². The van der Waals surface area contributed by atoms with Crippen LogP contribution in [-0.4, -0.2) is 22.7 Å². The topological polar surface area (TPSA) is 58.3 Å². The Morgan fingerprint density at radius 3 is 2.85 bits per heavy atom. The van der Waals surface area contributed by atoms with Crippen LogP contribution >= 0.6 is 11.3 Å². The lowest BCUT2D eigenvalue weighted by atomic mass is 10.1. The van der Waals surface area contributed by atoms with Crippen molar-refractivity contribution in [2.45, 2.75) is 39.8 Å². The molecule has 2 N–H and O–H groups in total. The molecule has 2 aromatic rings. The molecule has 110 valence electrons. The molecule has 4 nitrogen and oxygen atoms in total. The molecular formula is C15H22N2O2S. The zero-order chi connectivity index (χ0) is 14.5. The second-order valence-electron chi connectivity index (χ2n) is 5.46. The zero-order valence-electron chi connectivity index (χ0n) is 12.2. The molecule has 0 amide bonds. The van der Waals surface area contributed by atoms with Crippen molar-refractivity contribution in [3.05, 3.63) is 29.0 Å². The van der Waals surface area contributed by atoms with Crippen LogP contribution in [0.15, 0.2) is 22.7 Å². The van der Waals surface area contributed by atoms with Gasteiger partial charge in [-0.15, -0.1) is 11.3 Å². The Bertz CT molecular complexity index is 533. The predicted octanol–water partition coefficient (Wildman–Crippen LogP) is 3.21. The molecule has 0 aliphatic heterocycles. The number of hydrogen-bond donors (Lipinski definition) is 2. The van der Waals surface area contributed by atoms with Gasteiger partial charge in [0.1, 0.15) is 5.76 Å². The number of aliphatic hydroxyl groups is 1. The fourth-order valence-electron chi connectivity index (χ4n) is 2.04. The molecule has 0 bridgehead atoms. The highest BCUT2D eigenvalue weighted by molar-refractivity contribution is 7.14. The minimum Gasteiger partial charge on any atom is -0.459 e. The van der Waals surface area contributed by atoms with E-state index in [1.807, 2.05) is 25.3 Å². The Kier molecular flexibility index (Phi) is 5.34. The van der Waals surface area contributed by atoms with Crippen molar-refractivity contribution in [2.24, 2.45) is 5.92 Å². The van der Waals surface area contributed by atoms with E-state index >= 15 is 0 Å². The molecule has 0 aliphatic rings. The van der Waals surface area contributed by atoms with Crippen LogP contribution in [0.2, 0.25) is 0 Å². The number of nitrogens with one attached hydrogen (secondary N) is 1. The molecular weight excluding hydrogens is 272 g/mol. The van der Waals surface area contributed by atoms with E-state index in [9.17, 15) is 5.11 Å². The molecule has 20 heavy (non-hydrogen) atoms. The third-order valence-electron chi connectivity index (χ3n) is 2.93. The Balaban J connectivity index is 1.81. The third-order valence-corrected chi connectivity index (χ3v) is 3.94.